The summed E-state index contributed by atoms with van der Waals surface area (Å²) in [5, 5.41) is 2.72. The zero-order chi connectivity index (χ0) is 20.5. The molecule has 0 aliphatic rings. The summed E-state index contributed by atoms with van der Waals surface area (Å²) in [5.74, 6) is -1.06. The largest absolute Gasteiger partial charge is 0.469 e. The first kappa shape index (κ1) is 21.2. The monoisotopic (exact) mass is 385 g/mol. The van der Waals surface area contributed by atoms with Crippen molar-refractivity contribution in [3.05, 3.63) is 54.4 Å². The number of carbonyl (C=O) groups is 3. The van der Waals surface area contributed by atoms with Crippen molar-refractivity contribution in [1.82, 2.24) is 14.8 Å². The number of hydrogen-bond donors (Lipinski definition) is 1. The third-order valence-electron chi connectivity index (χ3n) is 4.38. The molecule has 1 aromatic carbocycles. The molecule has 0 fully saturated rings. The van der Waals surface area contributed by atoms with Crippen LogP contribution >= 0.6 is 0 Å². The van der Waals surface area contributed by atoms with Gasteiger partial charge in [0.05, 0.1) is 13.0 Å². The Morgan fingerprint density at radius 2 is 1.79 bits per heavy atom. The molecule has 0 spiro atoms. The maximum atomic E-state index is 13.0. The van der Waals surface area contributed by atoms with Crippen LogP contribution in [0.2, 0.25) is 0 Å². The number of rotatable bonds is 9. The molecule has 2 rings (SSSR count). The second-order valence-electron chi connectivity index (χ2n) is 6.65. The molecule has 1 heterocycles. The highest BCUT2D eigenvalue weighted by Crippen LogP contribution is 2.14. The van der Waals surface area contributed by atoms with Crippen LogP contribution in [-0.4, -0.2) is 54.0 Å². The van der Waals surface area contributed by atoms with Gasteiger partial charge in [-0.2, -0.15) is 0 Å². The van der Waals surface area contributed by atoms with E-state index in [0.29, 0.717) is 25.1 Å². The number of amides is 2. The van der Waals surface area contributed by atoms with Crippen molar-refractivity contribution in [2.45, 2.75) is 20.3 Å². The predicted octanol–water partition coefficient (Wildman–Crippen LogP) is 2.25. The average Bonchev–Trinajstić information content (AvgIpc) is 3.23. The maximum Gasteiger partial charge on any atom is 0.310 e. The summed E-state index contributed by atoms with van der Waals surface area (Å²) in [7, 11) is 1.34. The Hall–Kier alpha value is -3.09. The quantitative estimate of drug-likeness (QED) is 0.530. The van der Waals surface area contributed by atoms with E-state index >= 15 is 0 Å². The highest BCUT2D eigenvalue weighted by atomic mass is 16.5. The van der Waals surface area contributed by atoms with Crippen LogP contribution in [0.3, 0.4) is 0 Å². The fourth-order valence-electron chi connectivity index (χ4n) is 2.88. The topological polar surface area (TPSA) is 80.6 Å². The molecule has 0 bridgehead atoms. The van der Waals surface area contributed by atoms with Crippen LogP contribution in [0.15, 0.2) is 48.8 Å². The number of nitrogens with one attached hydrogen (secondary N) is 1. The lowest BCUT2D eigenvalue weighted by atomic mass is 10.1. The Bertz CT molecular complexity index is 784. The zero-order valence-corrected chi connectivity index (χ0v) is 16.6. The van der Waals surface area contributed by atoms with Crippen LogP contribution in [-0.2, 0) is 14.3 Å². The highest BCUT2D eigenvalue weighted by molar-refractivity contribution is 5.94. The summed E-state index contributed by atoms with van der Waals surface area (Å²) in [5.41, 5.74) is 1.51. The summed E-state index contributed by atoms with van der Waals surface area (Å²) >= 11 is 0. The van der Waals surface area contributed by atoms with Gasteiger partial charge >= 0.3 is 5.97 Å². The Labute approximate surface area is 165 Å². The summed E-state index contributed by atoms with van der Waals surface area (Å²) in [6.45, 7) is 4.34. The number of aromatic nitrogens is 1. The van der Waals surface area contributed by atoms with Crippen molar-refractivity contribution in [3.63, 3.8) is 0 Å². The molecule has 7 nitrogen and oxygen atoms in total. The number of hydrogen-bond acceptors (Lipinski definition) is 4. The van der Waals surface area contributed by atoms with Crippen molar-refractivity contribution in [1.29, 1.82) is 0 Å². The van der Waals surface area contributed by atoms with Gasteiger partial charge in [-0.15, -0.1) is 0 Å². The van der Waals surface area contributed by atoms with Gasteiger partial charge in [0.2, 0.25) is 5.91 Å². The summed E-state index contributed by atoms with van der Waals surface area (Å²) < 4.78 is 6.73. The predicted molar refractivity (Wildman–Crippen MR) is 106 cm³/mol. The molecule has 2 amide bonds. The molecule has 2 aromatic rings. The lowest BCUT2D eigenvalue weighted by Gasteiger charge is -2.25. The van der Waals surface area contributed by atoms with Gasteiger partial charge in [-0.25, -0.2) is 0 Å². The lowest BCUT2D eigenvalue weighted by molar-refractivity contribution is -0.145. The van der Waals surface area contributed by atoms with Crippen molar-refractivity contribution in [2.75, 3.05) is 26.7 Å². The molecule has 1 unspecified atom stereocenters. The van der Waals surface area contributed by atoms with E-state index in [9.17, 15) is 14.4 Å². The van der Waals surface area contributed by atoms with E-state index in [-0.39, 0.29) is 24.3 Å². The van der Waals surface area contributed by atoms with E-state index in [4.69, 9.17) is 4.74 Å². The summed E-state index contributed by atoms with van der Waals surface area (Å²) in [6.07, 6.45) is 4.47. The third kappa shape index (κ3) is 5.97. The number of benzene rings is 1. The van der Waals surface area contributed by atoms with Gasteiger partial charge in [0, 0.05) is 50.2 Å². The van der Waals surface area contributed by atoms with Crippen LogP contribution in [0.5, 0.6) is 0 Å². The van der Waals surface area contributed by atoms with Crippen LogP contribution in [0.4, 0.5) is 0 Å². The van der Waals surface area contributed by atoms with E-state index in [1.807, 2.05) is 41.2 Å². The Kier molecular flexibility index (Phi) is 7.80. The standard InChI is InChI=1S/C21H27N3O4/c1-16(21(27)28-3)15-24(14-6-11-22-17(2)25)20(26)18-7-9-19(10-8-18)23-12-4-5-13-23/h4-5,7-10,12-13,16H,6,11,14-15H2,1-3H3,(H,22,25). The smallest absolute Gasteiger partial charge is 0.310 e. The van der Waals surface area contributed by atoms with E-state index in [1.165, 1.54) is 14.0 Å². The molecule has 0 radical (unpaired) electrons. The second kappa shape index (κ2) is 10.3. The fourth-order valence-corrected chi connectivity index (χ4v) is 2.88. The first-order chi connectivity index (χ1) is 13.4. The molecular weight excluding hydrogens is 358 g/mol. The number of methoxy groups -OCH3 is 1. The molecule has 1 atom stereocenters. The fraction of sp³-hybridized carbons (Fsp3) is 0.381. The van der Waals surface area contributed by atoms with E-state index in [2.05, 4.69) is 5.32 Å². The highest BCUT2D eigenvalue weighted by Gasteiger charge is 2.22. The minimum atomic E-state index is -0.436. The van der Waals surface area contributed by atoms with Gasteiger partial charge in [-0.3, -0.25) is 14.4 Å². The van der Waals surface area contributed by atoms with Crippen LogP contribution in [0.1, 0.15) is 30.6 Å². The third-order valence-corrected chi connectivity index (χ3v) is 4.38. The van der Waals surface area contributed by atoms with E-state index in [1.54, 1.807) is 24.0 Å². The van der Waals surface area contributed by atoms with Gasteiger partial charge < -0.3 is 19.5 Å². The Morgan fingerprint density at radius 1 is 1.14 bits per heavy atom. The van der Waals surface area contributed by atoms with Crippen LogP contribution < -0.4 is 5.32 Å². The van der Waals surface area contributed by atoms with Gasteiger partial charge in [-0.05, 0) is 42.8 Å². The SMILES string of the molecule is COC(=O)C(C)CN(CCCNC(C)=O)C(=O)c1ccc(-n2cccc2)cc1. The lowest BCUT2D eigenvalue weighted by Crippen LogP contribution is -2.39. The molecule has 0 aliphatic heterocycles. The van der Waals surface area contributed by atoms with Gasteiger partial charge in [0.15, 0.2) is 0 Å². The first-order valence-corrected chi connectivity index (χ1v) is 9.27. The summed E-state index contributed by atoms with van der Waals surface area (Å²) in [6, 6.07) is 11.2. The number of nitrogens with zero attached hydrogens (tertiary/aromatic N) is 2. The van der Waals surface area contributed by atoms with E-state index in [0.717, 1.165) is 5.69 Å². The first-order valence-electron chi connectivity index (χ1n) is 9.27. The molecule has 150 valence electrons. The molecule has 0 saturated carbocycles. The van der Waals surface area contributed by atoms with Crippen LogP contribution in [0, 0.1) is 5.92 Å². The normalized spacial score (nSPS) is 11.5. The van der Waals surface area contributed by atoms with Crippen molar-refractivity contribution >= 4 is 17.8 Å². The summed E-state index contributed by atoms with van der Waals surface area (Å²) in [4.78, 5) is 37.4. The van der Waals surface area contributed by atoms with Gasteiger partial charge in [0.25, 0.3) is 5.91 Å². The molecule has 0 aliphatic carbocycles. The average molecular weight is 385 g/mol. The van der Waals surface area contributed by atoms with Gasteiger partial charge in [0.1, 0.15) is 0 Å². The Morgan fingerprint density at radius 3 is 2.36 bits per heavy atom. The van der Waals surface area contributed by atoms with Gasteiger partial charge in [-0.1, -0.05) is 6.92 Å². The number of ether oxygens (including phenoxy) is 1. The minimum Gasteiger partial charge on any atom is -0.469 e. The molecule has 0 saturated heterocycles. The zero-order valence-electron chi connectivity index (χ0n) is 16.6. The van der Waals surface area contributed by atoms with Crippen LogP contribution in [0.25, 0.3) is 5.69 Å². The molecule has 1 aromatic heterocycles. The Balaban J connectivity index is 2.09. The van der Waals surface area contributed by atoms with Crippen molar-refractivity contribution < 1.29 is 19.1 Å². The molecule has 28 heavy (non-hydrogen) atoms. The molecule has 7 heteroatoms. The maximum absolute atomic E-state index is 13.0. The second-order valence-corrected chi connectivity index (χ2v) is 6.65. The number of carbonyl (C=O) groups excluding carboxylic acids is 3. The molecular formula is C21H27N3O4. The number of esters is 1. The van der Waals surface area contributed by atoms with Crippen molar-refractivity contribution in [3.8, 4) is 5.69 Å². The van der Waals surface area contributed by atoms with Crippen molar-refractivity contribution in [2.24, 2.45) is 5.92 Å². The minimum absolute atomic E-state index is 0.110. The van der Waals surface area contributed by atoms with E-state index < -0.39 is 5.92 Å². The molecule has 1 N–H and O–H groups in total.